The van der Waals surface area contributed by atoms with Crippen molar-refractivity contribution in [3.05, 3.63) is 35.9 Å². The molecule has 5 rings (SSSR count). The van der Waals surface area contributed by atoms with E-state index in [0.717, 1.165) is 11.3 Å². The Hall–Kier alpha value is -4.09. The number of fused-ring (bicyclic) bond motifs is 2. The predicted molar refractivity (Wildman–Crippen MR) is 148 cm³/mol. The lowest BCUT2D eigenvalue weighted by Crippen LogP contribution is -2.55. The number of aromatic nitrogens is 4. The van der Waals surface area contributed by atoms with E-state index in [4.69, 9.17) is 9.47 Å². The summed E-state index contributed by atoms with van der Waals surface area (Å²) in [4.78, 5) is 40.8. The number of nitrogens with one attached hydrogen (secondary N) is 1. The van der Waals surface area contributed by atoms with Gasteiger partial charge in [0.15, 0.2) is 5.65 Å². The number of rotatable bonds is 4. The van der Waals surface area contributed by atoms with Gasteiger partial charge in [-0.25, -0.2) is 24.1 Å². The van der Waals surface area contributed by atoms with E-state index in [2.05, 4.69) is 25.3 Å². The van der Waals surface area contributed by atoms with Crippen molar-refractivity contribution in [1.29, 1.82) is 0 Å². The Balaban J connectivity index is 1.33. The second kappa shape index (κ2) is 10.2. The molecule has 0 radical (unpaired) electrons. The number of amides is 3. The molecule has 1 N–H and O–H groups in total. The van der Waals surface area contributed by atoms with Crippen LogP contribution in [0.1, 0.15) is 46.0 Å². The van der Waals surface area contributed by atoms with Gasteiger partial charge in [-0.05, 0) is 54.0 Å². The van der Waals surface area contributed by atoms with Gasteiger partial charge >= 0.3 is 12.1 Å². The number of hydrogen-bond donors (Lipinski definition) is 1. The van der Waals surface area contributed by atoms with Crippen LogP contribution >= 0.6 is 0 Å². The number of nitrogens with zero attached hydrogens (tertiary/aromatic N) is 7. The molecule has 2 aliphatic heterocycles. The average molecular weight is 537 g/mol. The fourth-order valence-electron chi connectivity index (χ4n) is 5.11. The molecular formula is C27H36N8O4. The van der Waals surface area contributed by atoms with Gasteiger partial charge in [0, 0.05) is 55.7 Å². The van der Waals surface area contributed by atoms with Crippen LogP contribution in [-0.4, -0.2) is 81.0 Å². The Kier molecular flexibility index (Phi) is 6.96. The van der Waals surface area contributed by atoms with Crippen LogP contribution in [0.25, 0.3) is 5.65 Å². The first kappa shape index (κ1) is 26.5. The van der Waals surface area contributed by atoms with Gasteiger partial charge < -0.3 is 24.6 Å². The standard InChI is InChI=1S/C27H36N8O4/c1-7-38-22-14-23-29-18(3)31-35(23)16-20(22)30-25(36)34-11-9-19-21(8-10-28-24(19)34)32-12-13-33(17(2)15-32)26(37)39-27(4,5)6/h8,10,14,16-17H,7,9,11-13,15H2,1-6H3,(H,30,36)/t17-/m1/s1. The first-order valence-corrected chi connectivity index (χ1v) is 13.3. The minimum absolute atomic E-state index is 0.0226. The molecule has 12 heteroatoms. The number of carbonyl (C=O) groups is 2. The molecular weight excluding hydrogens is 500 g/mol. The molecule has 0 unspecified atom stereocenters. The lowest BCUT2D eigenvalue weighted by atomic mass is 10.1. The van der Waals surface area contributed by atoms with Crippen molar-refractivity contribution in [2.24, 2.45) is 0 Å². The molecule has 1 saturated heterocycles. The van der Waals surface area contributed by atoms with E-state index in [9.17, 15) is 9.59 Å². The number of pyridine rings is 2. The van der Waals surface area contributed by atoms with Crippen LogP contribution in [0, 0.1) is 6.92 Å². The second-order valence-corrected chi connectivity index (χ2v) is 10.9. The summed E-state index contributed by atoms with van der Waals surface area (Å²) < 4.78 is 13.0. The zero-order valence-corrected chi connectivity index (χ0v) is 23.4. The molecule has 2 aliphatic rings. The topological polar surface area (TPSA) is 117 Å². The summed E-state index contributed by atoms with van der Waals surface area (Å²) in [5, 5.41) is 7.34. The predicted octanol–water partition coefficient (Wildman–Crippen LogP) is 3.87. The number of hydrogen-bond acceptors (Lipinski definition) is 8. The number of urea groups is 1. The molecule has 12 nitrogen and oxygen atoms in total. The lowest BCUT2D eigenvalue weighted by molar-refractivity contribution is 0.0159. The Labute approximate surface area is 227 Å². The van der Waals surface area contributed by atoms with E-state index in [0.29, 0.717) is 67.9 Å². The summed E-state index contributed by atoms with van der Waals surface area (Å²) in [6, 6.07) is 3.44. The first-order valence-electron chi connectivity index (χ1n) is 13.3. The summed E-state index contributed by atoms with van der Waals surface area (Å²) in [5.41, 5.74) is 2.69. The molecule has 5 heterocycles. The number of piperazine rings is 1. The monoisotopic (exact) mass is 536 g/mol. The molecule has 0 bridgehead atoms. The normalized spacial score (nSPS) is 17.4. The van der Waals surface area contributed by atoms with Crippen LogP contribution in [0.4, 0.5) is 26.8 Å². The quantitative estimate of drug-likeness (QED) is 0.534. The maximum Gasteiger partial charge on any atom is 0.410 e. The minimum Gasteiger partial charge on any atom is -0.491 e. The van der Waals surface area contributed by atoms with E-state index in [1.807, 2.05) is 47.6 Å². The highest BCUT2D eigenvalue weighted by molar-refractivity contribution is 6.03. The van der Waals surface area contributed by atoms with Crippen LogP contribution in [0.5, 0.6) is 5.75 Å². The fourth-order valence-corrected chi connectivity index (χ4v) is 5.11. The summed E-state index contributed by atoms with van der Waals surface area (Å²) >= 11 is 0. The lowest BCUT2D eigenvalue weighted by Gasteiger charge is -2.41. The average Bonchev–Trinajstić information content (AvgIpc) is 3.45. The molecule has 3 aromatic rings. The Bertz CT molecular complexity index is 1400. The van der Waals surface area contributed by atoms with Gasteiger partial charge in [0.25, 0.3) is 0 Å². The highest BCUT2D eigenvalue weighted by atomic mass is 16.6. The van der Waals surface area contributed by atoms with Gasteiger partial charge in [-0.1, -0.05) is 0 Å². The molecule has 3 amide bonds. The molecule has 39 heavy (non-hydrogen) atoms. The van der Waals surface area contributed by atoms with Gasteiger partial charge in [-0.2, -0.15) is 5.10 Å². The molecule has 0 saturated carbocycles. The smallest absolute Gasteiger partial charge is 0.410 e. The summed E-state index contributed by atoms with van der Waals surface area (Å²) in [6.07, 6.45) is 3.85. The maximum absolute atomic E-state index is 13.4. The van der Waals surface area contributed by atoms with Crippen molar-refractivity contribution in [2.75, 3.05) is 47.9 Å². The van der Waals surface area contributed by atoms with Gasteiger partial charge in [0.05, 0.1) is 12.8 Å². The van der Waals surface area contributed by atoms with Crippen LogP contribution in [0.2, 0.25) is 0 Å². The Morgan fingerprint density at radius 3 is 2.72 bits per heavy atom. The largest absolute Gasteiger partial charge is 0.491 e. The van der Waals surface area contributed by atoms with Gasteiger partial charge in [0.1, 0.15) is 28.7 Å². The molecule has 3 aromatic heterocycles. The van der Waals surface area contributed by atoms with E-state index in [1.165, 1.54) is 0 Å². The highest BCUT2D eigenvalue weighted by Crippen LogP contribution is 2.36. The third kappa shape index (κ3) is 5.41. The van der Waals surface area contributed by atoms with Crippen LogP contribution in [0.3, 0.4) is 0 Å². The van der Waals surface area contributed by atoms with E-state index in [-0.39, 0.29) is 18.2 Å². The Morgan fingerprint density at radius 2 is 2.00 bits per heavy atom. The van der Waals surface area contributed by atoms with Gasteiger partial charge in [-0.15, -0.1) is 0 Å². The van der Waals surface area contributed by atoms with Gasteiger partial charge in [0.2, 0.25) is 0 Å². The molecule has 1 atom stereocenters. The summed E-state index contributed by atoms with van der Waals surface area (Å²) in [7, 11) is 0. The van der Waals surface area contributed by atoms with E-state index < -0.39 is 5.60 Å². The van der Waals surface area contributed by atoms with Crippen molar-refractivity contribution >= 4 is 35.0 Å². The summed E-state index contributed by atoms with van der Waals surface area (Å²) in [6.45, 7) is 14.2. The van der Waals surface area contributed by atoms with Crippen molar-refractivity contribution in [2.45, 2.75) is 59.6 Å². The Morgan fingerprint density at radius 1 is 1.21 bits per heavy atom. The maximum atomic E-state index is 13.4. The van der Waals surface area contributed by atoms with Crippen molar-refractivity contribution in [1.82, 2.24) is 24.5 Å². The fraction of sp³-hybridized carbons (Fsp3) is 0.519. The van der Waals surface area contributed by atoms with Crippen molar-refractivity contribution < 1.29 is 19.1 Å². The molecule has 0 aliphatic carbocycles. The molecule has 208 valence electrons. The SMILES string of the molecule is CCOc1cc2nc(C)nn2cc1NC(=O)N1CCc2c(N3CCN(C(=O)OC(C)(C)C)[C@H](C)C3)ccnc21. The van der Waals surface area contributed by atoms with Crippen LogP contribution in [-0.2, 0) is 11.2 Å². The number of carbonyl (C=O) groups excluding carboxylic acids is 2. The molecule has 0 spiro atoms. The van der Waals surface area contributed by atoms with Gasteiger partial charge in [-0.3, -0.25) is 4.90 Å². The zero-order chi connectivity index (χ0) is 27.9. The highest BCUT2D eigenvalue weighted by Gasteiger charge is 2.34. The third-order valence-corrected chi connectivity index (χ3v) is 6.77. The van der Waals surface area contributed by atoms with Crippen LogP contribution < -0.4 is 19.9 Å². The van der Waals surface area contributed by atoms with Crippen molar-refractivity contribution in [3.8, 4) is 5.75 Å². The van der Waals surface area contributed by atoms with Crippen molar-refractivity contribution in [3.63, 3.8) is 0 Å². The first-order chi connectivity index (χ1) is 18.5. The zero-order valence-electron chi connectivity index (χ0n) is 23.4. The minimum atomic E-state index is -0.534. The molecule has 0 aromatic carbocycles. The number of anilines is 3. The number of aryl methyl sites for hydroxylation is 1. The summed E-state index contributed by atoms with van der Waals surface area (Å²) in [5.74, 6) is 1.80. The van der Waals surface area contributed by atoms with Crippen LogP contribution in [0.15, 0.2) is 24.5 Å². The molecule has 1 fully saturated rings. The van der Waals surface area contributed by atoms with E-state index >= 15 is 0 Å². The second-order valence-electron chi connectivity index (χ2n) is 10.9. The third-order valence-electron chi connectivity index (χ3n) is 6.77. The number of ether oxygens (including phenoxy) is 2. The van der Waals surface area contributed by atoms with E-state index in [1.54, 1.807) is 32.8 Å².